The van der Waals surface area contributed by atoms with Gasteiger partial charge in [-0.05, 0) is 60.2 Å². The van der Waals surface area contributed by atoms with Crippen LogP contribution in [0, 0.1) is 0 Å². The lowest BCUT2D eigenvalue weighted by atomic mass is 9.81. The van der Waals surface area contributed by atoms with E-state index in [2.05, 4.69) is 5.32 Å². The molecule has 39 heavy (non-hydrogen) atoms. The number of nitrogens with one attached hydrogen (secondary N) is 1. The van der Waals surface area contributed by atoms with E-state index in [-0.39, 0.29) is 11.3 Å². The first kappa shape index (κ1) is 25.3. The zero-order chi connectivity index (χ0) is 27.1. The number of para-hydroxylation sites is 1. The van der Waals surface area contributed by atoms with E-state index < -0.39 is 17.9 Å². The van der Waals surface area contributed by atoms with Crippen LogP contribution in [0.5, 0.6) is 0 Å². The van der Waals surface area contributed by atoms with Gasteiger partial charge in [0.05, 0.1) is 0 Å². The van der Waals surface area contributed by atoms with E-state index in [9.17, 15) is 14.4 Å². The van der Waals surface area contributed by atoms with Crippen molar-refractivity contribution in [2.75, 3.05) is 4.90 Å². The molecule has 0 unspecified atom stereocenters. The second kappa shape index (κ2) is 10.3. The van der Waals surface area contributed by atoms with Gasteiger partial charge in [0, 0.05) is 42.9 Å². The molecule has 1 aliphatic heterocycles. The second-order valence-electron chi connectivity index (χ2n) is 9.15. The van der Waals surface area contributed by atoms with E-state index in [1.807, 2.05) is 24.3 Å². The largest absolute Gasteiger partial charge is 0.339 e. The minimum absolute atomic E-state index is 0.220. The van der Waals surface area contributed by atoms with Crippen LogP contribution in [0.15, 0.2) is 108 Å². The Morgan fingerprint density at radius 1 is 0.795 bits per heavy atom. The van der Waals surface area contributed by atoms with Gasteiger partial charge in [-0.15, -0.1) is 11.3 Å². The van der Waals surface area contributed by atoms with Crippen LogP contribution in [0.3, 0.4) is 0 Å². The maximum Gasteiger partial charge on any atom is 0.255 e. The molecule has 0 spiro atoms. The molecule has 1 aliphatic rings. The highest BCUT2D eigenvalue weighted by Crippen LogP contribution is 2.46. The summed E-state index contributed by atoms with van der Waals surface area (Å²) in [6, 6.07) is 28.9. The Morgan fingerprint density at radius 2 is 1.44 bits per heavy atom. The van der Waals surface area contributed by atoms with Crippen LogP contribution in [0.4, 0.5) is 10.7 Å². The van der Waals surface area contributed by atoms with Crippen molar-refractivity contribution in [3.8, 4) is 0 Å². The van der Waals surface area contributed by atoms with Gasteiger partial charge < -0.3 is 5.32 Å². The van der Waals surface area contributed by atoms with Crippen molar-refractivity contribution in [2.45, 2.75) is 12.0 Å². The lowest BCUT2D eigenvalue weighted by molar-refractivity contribution is -0.120. The minimum Gasteiger partial charge on any atom is -0.339 e. The Kier molecular flexibility index (Phi) is 6.69. The van der Waals surface area contributed by atoms with Crippen molar-refractivity contribution in [3.63, 3.8) is 0 Å². The molecule has 2 heterocycles. The van der Waals surface area contributed by atoms with Gasteiger partial charge in [0.2, 0.25) is 0 Å². The van der Waals surface area contributed by atoms with E-state index in [0.29, 0.717) is 47.5 Å². The Morgan fingerprint density at radius 3 is 2.13 bits per heavy atom. The van der Waals surface area contributed by atoms with Crippen LogP contribution in [-0.2, 0) is 4.79 Å². The second-order valence-corrected chi connectivity index (χ2v) is 11.0. The summed E-state index contributed by atoms with van der Waals surface area (Å²) in [6.45, 7) is 0. The van der Waals surface area contributed by atoms with Gasteiger partial charge in [0.15, 0.2) is 5.43 Å². The van der Waals surface area contributed by atoms with Crippen LogP contribution >= 0.6 is 34.5 Å². The summed E-state index contributed by atoms with van der Waals surface area (Å²) in [5, 5.41) is 4.97. The first-order chi connectivity index (χ1) is 18.9. The summed E-state index contributed by atoms with van der Waals surface area (Å²) >= 11 is 13.8. The van der Waals surface area contributed by atoms with Gasteiger partial charge in [-0.1, -0.05) is 71.7 Å². The maximum absolute atomic E-state index is 14.4. The lowest BCUT2D eigenvalue weighted by Crippen LogP contribution is -2.54. The molecule has 0 fully saturated rings. The van der Waals surface area contributed by atoms with Crippen LogP contribution in [0.2, 0.25) is 10.0 Å². The molecule has 5 nitrogen and oxygen atoms in total. The molecule has 5 aromatic rings. The van der Waals surface area contributed by atoms with Gasteiger partial charge in [-0.2, -0.15) is 0 Å². The van der Waals surface area contributed by atoms with Crippen LogP contribution in [0.25, 0.3) is 10.1 Å². The van der Waals surface area contributed by atoms with Crippen molar-refractivity contribution in [3.05, 3.63) is 140 Å². The zero-order valence-corrected chi connectivity index (χ0v) is 22.6. The van der Waals surface area contributed by atoms with Crippen LogP contribution < -0.4 is 15.6 Å². The number of halogens is 2. The van der Waals surface area contributed by atoms with E-state index in [0.717, 1.165) is 0 Å². The normalized spacial score (nSPS) is 16.7. The summed E-state index contributed by atoms with van der Waals surface area (Å²) in [5.41, 5.74) is 1.91. The molecule has 1 N–H and O–H groups in total. The molecule has 4 aromatic carbocycles. The summed E-state index contributed by atoms with van der Waals surface area (Å²) in [6.07, 6.45) is 0. The molecule has 1 aromatic heterocycles. The third kappa shape index (κ3) is 4.61. The predicted molar refractivity (Wildman–Crippen MR) is 158 cm³/mol. The van der Waals surface area contributed by atoms with Crippen molar-refractivity contribution >= 4 is 67.1 Å². The SMILES string of the molecule is O=C(N[C@H]1C(=O)N(c2ccccc2)c2sc3cc(Cl)ccc3c(=O)c2[C@H]1c1ccc(Cl)cc1)c1ccccc1. The number of amides is 2. The lowest BCUT2D eigenvalue weighted by Gasteiger charge is -2.39. The third-order valence-corrected chi connectivity index (χ3v) is 8.41. The highest BCUT2D eigenvalue weighted by Gasteiger charge is 2.45. The number of anilines is 2. The fraction of sp³-hybridized carbons (Fsp3) is 0.0645. The minimum atomic E-state index is -1.06. The van der Waals surface area contributed by atoms with Crippen molar-refractivity contribution in [1.82, 2.24) is 5.32 Å². The molecule has 0 radical (unpaired) electrons. The summed E-state index contributed by atoms with van der Waals surface area (Å²) in [5.74, 6) is -1.51. The number of hydrogen-bond donors (Lipinski definition) is 1. The molecule has 0 saturated carbocycles. The monoisotopic (exact) mass is 570 g/mol. The zero-order valence-electron chi connectivity index (χ0n) is 20.3. The Balaban J connectivity index is 1.63. The highest BCUT2D eigenvalue weighted by atomic mass is 35.5. The molecule has 2 atom stereocenters. The van der Waals surface area contributed by atoms with Gasteiger partial charge in [0.25, 0.3) is 11.8 Å². The molecule has 0 aliphatic carbocycles. The molecule has 2 amide bonds. The van der Waals surface area contributed by atoms with E-state index in [4.69, 9.17) is 23.2 Å². The molecular weight excluding hydrogens is 551 g/mol. The topological polar surface area (TPSA) is 66.5 Å². The van der Waals surface area contributed by atoms with E-state index >= 15 is 0 Å². The fourth-order valence-electron chi connectivity index (χ4n) is 4.97. The number of carbonyl (C=O) groups excluding carboxylic acids is 2. The highest BCUT2D eigenvalue weighted by molar-refractivity contribution is 7.22. The van der Waals surface area contributed by atoms with Crippen molar-refractivity contribution in [1.29, 1.82) is 0 Å². The summed E-state index contributed by atoms with van der Waals surface area (Å²) in [4.78, 5) is 43.5. The molecule has 192 valence electrons. The Hall–Kier alpha value is -3.97. The van der Waals surface area contributed by atoms with Crippen LogP contribution in [-0.4, -0.2) is 17.9 Å². The number of benzene rings is 4. The number of fused-ring (bicyclic) bond motifs is 2. The number of nitrogens with zero attached hydrogens (tertiary/aromatic N) is 1. The Bertz CT molecular complexity index is 1770. The van der Waals surface area contributed by atoms with Gasteiger partial charge in [-0.25, -0.2) is 0 Å². The molecule has 0 saturated heterocycles. The molecule has 8 heteroatoms. The fourth-order valence-corrected chi connectivity index (χ4v) is 6.61. The van der Waals surface area contributed by atoms with E-state index in [1.54, 1.807) is 78.9 Å². The summed E-state index contributed by atoms with van der Waals surface area (Å²) in [7, 11) is 0. The average Bonchev–Trinajstić information content (AvgIpc) is 2.95. The van der Waals surface area contributed by atoms with Gasteiger partial charge >= 0.3 is 0 Å². The Labute approximate surface area is 238 Å². The number of carbonyl (C=O) groups is 2. The van der Waals surface area contributed by atoms with Crippen molar-refractivity contribution in [2.24, 2.45) is 0 Å². The van der Waals surface area contributed by atoms with Gasteiger partial charge in [-0.3, -0.25) is 19.3 Å². The number of rotatable bonds is 4. The first-order valence-corrected chi connectivity index (χ1v) is 13.8. The average molecular weight is 571 g/mol. The van der Waals surface area contributed by atoms with Gasteiger partial charge in [0.1, 0.15) is 11.0 Å². The first-order valence-electron chi connectivity index (χ1n) is 12.2. The van der Waals surface area contributed by atoms with E-state index in [1.165, 1.54) is 16.2 Å². The quantitative estimate of drug-likeness (QED) is 0.249. The van der Waals surface area contributed by atoms with Crippen LogP contribution in [0.1, 0.15) is 27.4 Å². The standard InChI is InChI=1S/C31H20Cl2N2O3S/c32-20-13-11-18(12-14-20)25-26-28(36)23-16-15-21(33)17-24(23)39-31(26)35(22-9-5-2-6-10-22)30(38)27(25)34-29(37)19-7-3-1-4-8-19/h1-17,25,27H,(H,34,37)/t25-,27-/m1/s1. The predicted octanol–water partition coefficient (Wildman–Crippen LogP) is 7.18. The summed E-state index contributed by atoms with van der Waals surface area (Å²) < 4.78 is 0.668. The molecule has 6 rings (SSSR count). The molecular formula is C31H20Cl2N2O3S. The third-order valence-electron chi connectivity index (χ3n) is 6.77. The van der Waals surface area contributed by atoms with Crippen molar-refractivity contribution < 1.29 is 9.59 Å². The number of hydrogen-bond acceptors (Lipinski definition) is 4. The smallest absolute Gasteiger partial charge is 0.255 e. The molecule has 0 bridgehead atoms. The maximum atomic E-state index is 14.4.